The fourth-order valence-corrected chi connectivity index (χ4v) is 7.37. The molecule has 0 unspecified atom stereocenters. The van der Waals surface area contributed by atoms with Crippen LogP contribution in [0, 0.1) is 0 Å². The number of hydrazone groups is 1. The van der Waals surface area contributed by atoms with Crippen LogP contribution in [0.5, 0.6) is 5.75 Å². The Labute approximate surface area is 328 Å². The quantitative estimate of drug-likeness (QED) is 0.0232. The lowest BCUT2D eigenvalue weighted by Gasteiger charge is -2.13. The Balaban J connectivity index is 1.09. The molecule has 0 aliphatic heterocycles. The van der Waals surface area contributed by atoms with Crippen molar-refractivity contribution in [1.29, 1.82) is 0 Å². The van der Waals surface area contributed by atoms with E-state index in [1.807, 2.05) is 42.5 Å². The zero-order valence-corrected chi connectivity index (χ0v) is 32.0. The molecule has 280 valence electrons. The van der Waals surface area contributed by atoms with Gasteiger partial charge >= 0.3 is 0 Å². The summed E-state index contributed by atoms with van der Waals surface area (Å²) in [6, 6.07) is 31.5. The van der Waals surface area contributed by atoms with Crippen molar-refractivity contribution in [3.8, 4) is 5.75 Å². The number of nitrogens with zero attached hydrogens (tertiary/aromatic N) is 2. The van der Waals surface area contributed by atoms with E-state index in [0.717, 1.165) is 22.6 Å². The van der Waals surface area contributed by atoms with Crippen LogP contribution in [-0.2, 0) is 33.5 Å². The van der Waals surface area contributed by atoms with Gasteiger partial charge in [-0.2, -0.15) is 13.5 Å². The van der Waals surface area contributed by atoms with E-state index in [1.54, 1.807) is 48.5 Å². The van der Waals surface area contributed by atoms with E-state index < -0.39 is 10.1 Å². The molecule has 5 aromatic rings. The number of aromatic nitrogens is 1. The number of hydrogen-bond acceptors (Lipinski definition) is 9. The van der Waals surface area contributed by atoms with E-state index in [4.69, 9.17) is 32.9 Å². The highest BCUT2D eigenvalue weighted by molar-refractivity contribution is 7.98. The Morgan fingerprint density at radius 3 is 2.28 bits per heavy atom. The molecule has 11 nitrogen and oxygen atoms in total. The van der Waals surface area contributed by atoms with Crippen LogP contribution >= 0.6 is 35.0 Å². The number of carbonyl (C=O) groups is 2. The molecule has 0 aliphatic rings. The summed E-state index contributed by atoms with van der Waals surface area (Å²) in [7, 11) is -4.40. The van der Waals surface area contributed by atoms with Crippen molar-refractivity contribution in [2.45, 2.75) is 34.8 Å². The number of hydrogen-bond donors (Lipinski definition) is 4. The molecule has 0 radical (unpaired) electrons. The van der Waals surface area contributed by atoms with Crippen molar-refractivity contribution in [2.75, 3.05) is 25.1 Å². The number of aryl methyl sites for hydroxylation is 1. The number of nitrogens with one attached hydrogen (secondary N) is 3. The van der Waals surface area contributed by atoms with Gasteiger partial charge in [-0.25, -0.2) is 0 Å². The molecular formula is C39H37Cl2N5O6S2. The summed E-state index contributed by atoms with van der Waals surface area (Å²) in [4.78, 5) is 30.8. The van der Waals surface area contributed by atoms with Gasteiger partial charge in [0, 0.05) is 54.1 Å². The van der Waals surface area contributed by atoms with Gasteiger partial charge in [0.25, 0.3) is 16.0 Å². The molecule has 0 saturated carbocycles. The SMILES string of the molecule is O=C(CCc1nc(CSc2c(Cl)cccc2Cl)ccc1OCCc1ccccc1)NCCNC(=O)c1ccc(N/N=C/c2ccccc2S(=O)(=O)O)cc1. The first-order chi connectivity index (χ1) is 26.1. The molecule has 2 amide bonds. The van der Waals surface area contributed by atoms with Crippen molar-refractivity contribution >= 4 is 68.8 Å². The van der Waals surface area contributed by atoms with Gasteiger partial charge in [-0.15, -0.1) is 11.8 Å². The number of amides is 2. The molecule has 4 aromatic carbocycles. The molecule has 54 heavy (non-hydrogen) atoms. The number of thioether (sulfide) groups is 1. The molecule has 4 N–H and O–H groups in total. The molecule has 1 heterocycles. The normalized spacial score (nSPS) is 11.3. The largest absolute Gasteiger partial charge is 0.491 e. The first kappa shape index (κ1) is 40.3. The predicted molar refractivity (Wildman–Crippen MR) is 213 cm³/mol. The van der Waals surface area contributed by atoms with E-state index in [1.165, 1.54) is 36.2 Å². The minimum atomic E-state index is -4.40. The molecule has 0 spiro atoms. The van der Waals surface area contributed by atoms with Gasteiger partial charge in [-0.1, -0.05) is 77.8 Å². The van der Waals surface area contributed by atoms with Gasteiger partial charge in [-0.3, -0.25) is 24.6 Å². The summed E-state index contributed by atoms with van der Waals surface area (Å²) in [5, 5.41) is 10.8. The Morgan fingerprint density at radius 2 is 1.54 bits per heavy atom. The summed E-state index contributed by atoms with van der Waals surface area (Å²) in [6.45, 7) is 0.897. The van der Waals surface area contributed by atoms with Crippen LogP contribution in [0.1, 0.15) is 39.3 Å². The van der Waals surface area contributed by atoms with Gasteiger partial charge in [0.15, 0.2) is 0 Å². The third-order valence-electron chi connectivity index (χ3n) is 7.83. The smallest absolute Gasteiger partial charge is 0.295 e. The van der Waals surface area contributed by atoms with Crippen molar-refractivity contribution in [1.82, 2.24) is 15.6 Å². The highest BCUT2D eigenvalue weighted by Crippen LogP contribution is 2.36. The second kappa shape index (κ2) is 20.0. The maximum atomic E-state index is 12.8. The van der Waals surface area contributed by atoms with E-state index in [0.29, 0.717) is 51.5 Å². The lowest BCUT2D eigenvalue weighted by Crippen LogP contribution is -2.34. The zero-order valence-electron chi connectivity index (χ0n) is 28.9. The van der Waals surface area contributed by atoms with Crippen molar-refractivity contribution in [3.05, 3.63) is 147 Å². The molecule has 0 fully saturated rings. The Morgan fingerprint density at radius 1 is 0.833 bits per heavy atom. The first-order valence-electron chi connectivity index (χ1n) is 16.8. The van der Waals surface area contributed by atoms with Crippen molar-refractivity contribution in [3.63, 3.8) is 0 Å². The lowest BCUT2D eigenvalue weighted by atomic mass is 10.1. The number of halogens is 2. The van der Waals surface area contributed by atoms with E-state index in [9.17, 15) is 22.6 Å². The van der Waals surface area contributed by atoms with Crippen LogP contribution in [0.25, 0.3) is 0 Å². The summed E-state index contributed by atoms with van der Waals surface area (Å²) < 4.78 is 38.6. The standard InChI is InChI=1S/C39H37Cl2N5O6S2/c40-32-10-6-11-33(41)38(32)53-26-31-17-19-35(52-24-21-27-7-2-1-3-8-27)34(45-31)18-20-37(47)42-22-23-43-39(48)28-13-15-30(16-14-28)46-44-25-29-9-4-5-12-36(29)54(49,50)51/h1-17,19,25,46H,18,20-24,26H2,(H,42,47)(H,43,48)(H,49,50,51)/b44-25+. The maximum absolute atomic E-state index is 12.8. The number of ether oxygens (including phenoxy) is 1. The number of anilines is 1. The second-order valence-corrected chi connectivity index (χ2v) is 14.9. The number of rotatable bonds is 18. The average Bonchev–Trinajstić information content (AvgIpc) is 3.16. The van der Waals surface area contributed by atoms with Crippen molar-refractivity contribution < 1.29 is 27.3 Å². The van der Waals surface area contributed by atoms with Crippen LogP contribution in [-0.4, -0.2) is 55.7 Å². The predicted octanol–water partition coefficient (Wildman–Crippen LogP) is 7.47. The second-order valence-electron chi connectivity index (χ2n) is 11.7. The van der Waals surface area contributed by atoms with Crippen LogP contribution in [0.15, 0.2) is 124 Å². The van der Waals surface area contributed by atoms with Crippen molar-refractivity contribution in [2.24, 2.45) is 5.10 Å². The number of pyridine rings is 1. The van der Waals surface area contributed by atoms with E-state index in [-0.39, 0.29) is 41.8 Å². The number of benzene rings is 4. The van der Waals surface area contributed by atoms with Gasteiger partial charge in [0.2, 0.25) is 5.91 Å². The molecule has 15 heteroatoms. The Kier molecular flexibility index (Phi) is 14.9. The van der Waals surface area contributed by atoms with Gasteiger partial charge in [-0.05, 0) is 60.2 Å². The Hall–Kier alpha value is -4.92. The highest BCUT2D eigenvalue weighted by atomic mass is 35.5. The summed E-state index contributed by atoms with van der Waals surface area (Å²) in [5.41, 5.74) is 6.53. The van der Waals surface area contributed by atoms with Gasteiger partial charge in [0.05, 0.1) is 39.9 Å². The topological polar surface area (TPSA) is 159 Å². The maximum Gasteiger partial charge on any atom is 0.295 e. The van der Waals surface area contributed by atoms with Crippen LogP contribution in [0.4, 0.5) is 5.69 Å². The lowest BCUT2D eigenvalue weighted by molar-refractivity contribution is -0.121. The minimum Gasteiger partial charge on any atom is -0.491 e. The third kappa shape index (κ3) is 12.3. The van der Waals surface area contributed by atoms with Gasteiger partial charge in [0.1, 0.15) is 10.6 Å². The molecule has 1 aromatic heterocycles. The average molecular weight is 807 g/mol. The summed E-state index contributed by atoms with van der Waals surface area (Å²) >= 11 is 14.2. The minimum absolute atomic E-state index is 0.168. The van der Waals surface area contributed by atoms with Gasteiger partial charge < -0.3 is 15.4 Å². The van der Waals surface area contributed by atoms with Crippen LogP contribution in [0.3, 0.4) is 0 Å². The molecular weight excluding hydrogens is 769 g/mol. The van der Waals surface area contributed by atoms with E-state index >= 15 is 0 Å². The molecule has 0 saturated heterocycles. The fourth-order valence-electron chi connectivity index (χ4n) is 5.11. The summed E-state index contributed by atoms with van der Waals surface area (Å²) in [6.07, 6.45) is 2.51. The molecule has 0 aliphatic carbocycles. The van der Waals surface area contributed by atoms with Crippen LogP contribution < -0.4 is 20.8 Å². The molecule has 0 bridgehead atoms. The fraction of sp³-hybridized carbons (Fsp3) is 0.179. The Bertz CT molecular complexity index is 2170. The first-order valence-corrected chi connectivity index (χ1v) is 20.0. The van der Waals surface area contributed by atoms with E-state index in [2.05, 4.69) is 21.2 Å². The highest BCUT2D eigenvalue weighted by Gasteiger charge is 2.15. The zero-order chi connectivity index (χ0) is 38.3. The molecule has 5 rings (SSSR count). The third-order valence-corrected chi connectivity index (χ3v) is 10.8. The molecule has 0 atom stereocenters. The van der Waals surface area contributed by atoms with Crippen LogP contribution in [0.2, 0.25) is 10.0 Å². The summed E-state index contributed by atoms with van der Waals surface area (Å²) in [5.74, 6) is 0.620. The monoisotopic (exact) mass is 805 g/mol. The number of carbonyl (C=O) groups excluding carboxylic acids is 2.